The summed E-state index contributed by atoms with van der Waals surface area (Å²) in [5.74, 6) is -2.61. The summed E-state index contributed by atoms with van der Waals surface area (Å²) in [5, 5.41) is 24.6. The van der Waals surface area contributed by atoms with Gasteiger partial charge in [0.15, 0.2) is 5.13 Å². The van der Waals surface area contributed by atoms with Crippen molar-refractivity contribution in [3.63, 3.8) is 0 Å². The molecule has 1 atom stereocenters. The van der Waals surface area contributed by atoms with Crippen molar-refractivity contribution in [1.29, 1.82) is 0 Å². The summed E-state index contributed by atoms with van der Waals surface area (Å²) in [6, 6.07) is 8.47. The topological polar surface area (TPSA) is 171 Å². The average molecular weight is 438 g/mol. The molecule has 4 aromatic rings. The van der Waals surface area contributed by atoms with Gasteiger partial charge in [0.2, 0.25) is 0 Å². The Morgan fingerprint density at radius 2 is 1.74 bits per heavy atom. The Kier molecular flexibility index (Phi) is 5.00. The molecule has 2 aromatic heterocycles. The number of Topliss-reactive ketones (excluding diaryl/α,β-unsaturated/α-hetero) is 1. The van der Waals surface area contributed by atoms with Crippen molar-refractivity contribution in [2.45, 2.75) is 6.04 Å². The number of thiazole rings is 1. The van der Waals surface area contributed by atoms with Crippen molar-refractivity contribution >= 4 is 55.1 Å². The van der Waals surface area contributed by atoms with Crippen molar-refractivity contribution in [3.8, 4) is 0 Å². The smallest absolute Gasteiger partial charge is 0.295 e. The van der Waals surface area contributed by atoms with Gasteiger partial charge in [0.05, 0.1) is 32.4 Å². The molecule has 1 unspecified atom stereocenters. The molecule has 0 aliphatic rings. The van der Waals surface area contributed by atoms with Crippen LogP contribution >= 0.6 is 11.3 Å². The minimum atomic E-state index is -2.05. The van der Waals surface area contributed by atoms with Gasteiger partial charge in [-0.15, -0.1) is 0 Å². The highest BCUT2D eigenvalue weighted by Gasteiger charge is 2.39. The van der Waals surface area contributed by atoms with E-state index in [1.54, 1.807) is 24.3 Å². The molecule has 154 valence electrons. The maximum absolute atomic E-state index is 12.6. The monoisotopic (exact) mass is 438 g/mol. The lowest BCUT2D eigenvalue weighted by atomic mass is 10.1. The number of hydrogen-bond acceptors (Lipinski definition) is 10. The minimum Gasteiger partial charge on any atom is -0.295 e. The van der Waals surface area contributed by atoms with Gasteiger partial charge in [-0.2, -0.15) is 0 Å². The van der Waals surface area contributed by atoms with Crippen LogP contribution in [0.1, 0.15) is 11.7 Å². The Morgan fingerprint density at radius 1 is 1.00 bits per heavy atom. The van der Waals surface area contributed by atoms with Crippen LogP contribution in [0.25, 0.3) is 21.3 Å². The number of benzene rings is 2. The molecule has 0 bridgehead atoms. The number of para-hydroxylation sites is 2. The number of nitro groups is 2. The van der Waals surface area contributed by atoms with E-state index in [2.05, 4.69) is 20.3 Å². The van der Waals surface area contributed by atoms with Gasteiger partial charge in [-0.1, -0.05) is 23.5 Å². The van der Waals surface area contributed by atoms with E-state index < -0.39 is 27.6 Å². The zero-order valence-electron chi connectivity index (χ0n) is 15.3. The number of nitrogens with one attached hydrogen (secondary N) is 1. The van der Waals surface area contributed by atoms with E-state index in [-0.39, 0.29) is 16.5 Å². The molecule has 1 amide bonds. The van der Waals surface area contributed by atoms with E-state index in [9.17, 15) is 29.8 Å². The van der Waals surface area contributed by atoms with Crippen LogP contribution in [0.3, 0.4) is 0 Å². The Morgan fingerprint density at radius 3 is 2.45 bits per heavy atom. The number of hydrogen-bond donors (Lipinski definition) is 1. The fraction of sp³-hybridized carbons (Fsp3) is 0.0556. The van der Waals surface area contributed by atoms with Crippen LogP contribution < -0.4 is 5.32 Å². The predicted octanol–water partition coefficient (Wildman–Crippen LogP) is 2.67. The van der Waals surface area contributed by atoms with Crippen LogP contribution in [0.15, 0.2) is 48.7 Å². The van der Waals surface area contributed by atoms with Crippen LogP contribution in [0.5, 0.6) is 0 Å². The number of aromatic nitrogens is 3. The number of anilines is 1. The first-order valence-electron chi connectivity index (χ1n) is 8.59. The Bertz CT molecular complexity index is 1390. The van der Waals surface area contributed by atoms with Crippen molar-refractivity contribution in [3.05, 3.63) is 74.6 Å². The largest absolute Gasteiger partial charge is 0.322 e. The number of carbonyl (C=O) groups excluding carboxylic acids is 2. The fourth-order valence-corrected chi connectivity index (χ4v) is 3.70. The van der Waals surface area contributed by atoms with Crippen LogP contribution in [-0.4, -0.2) is 36.5 Å². The molecular weight excluding hydrogens is 428 g/mol. The standard InChI is InChI=1S/C18H10N6O6S/c25-16(15(24(29)30)13-8-19-10-3-1-2-4-11(10)20-13)17(26)22-18-21-12-6-5-9(23(27)28)7-14(12)31-18/h1-8,15H,(H,21,22,26). The van der Waals surface area contributed by atoms with Crippen molar-refractivity contribution < 1.29 is 19.4 Å². The first-order chi connectivity index (χ1) is 14.8. The fourth-order valence-electron chi connectivity index (χ4n) is 2.80. The van der Waals surface area contributed by atoms with Gasteiger partial charge in [-0.3, -0.25) is 40.1 Å². The summed E-state index contributed by atoms with van der Waals surface area (Å²) >= 11 is 0.895. The average Bonchev–Trinajstić information content (AvgIpc) is 3.14. The van der Waals surface area contributed by atoms with Crippen LogP contribution in [0, 0.1) is 20.2 Å². The molecule has 2 heterocycles. The van der Waals surface area contributed by atoms with Crippen LogP contribution in [0.2, 0.25) is 0 Å². The third kappa shape index (κ3) is 3.89. The number of rotatable bonds is 6. The molecule has 13 heteroatoms. The number of amides is 1. The van der Waals surface area contributed by atoms with E-state index >= 15 is 0 Å². The van der Waals surface area contributed by atoms with E-state index in [0.29, 0.717) is 21.3 Å². The molecule has 31 heavy (non-hydrogen) atoms. The second kappa shape index (κ2) is 7.79. The molecule has 1 N–H and O–H groups in total. The third-order valence-corrected chi connectivity index (χ3v) is 5.17. The summed E-state index contributed by atoms with van der Waals surface area (Å²) in [6.45, 7) is 0. The molecule has 2 aromatic carbocycles. The number of fused-ring (bicyclic) bond motifs is 2. The number of nitro benzene ring substituents is 1. The third-order valence-electron chi connectivity index (χ3n) is 4.23. The molecule has 4 rings (SSSR count). The zero-order chi connectivity index (χ0) is 22.1. The van der Waals surface area contributed by atoms with Crippen molar-refractivity contribution in [2.75, 3.05) is 5.32 Å². The van der Waals surface area contributed by atoms with Gasteiger partial charge in [-0.05, 0) is 18.2 Å². The van der Waals surface area contributed by atoms with Crippen LogP contribution in [-0.2, 0) is 9.59 Å². The maximum atomic E-state index is 12.6. The molecule has 0 radical (unpaired) electrons. The first kappa shape index (κ1) is 19.9. The van der Waals surface area contributed by atoms with E-state index in [1.165, 1.54) is 18.2 Å². The van der Waals surface area contributed by atoms with Gasteiger partial charge < -0.3 is 0 Å². The minimum absolute atomic E-state index is 0.0273. The number of carbonyl (C=O) groups is 2. The predicted molar refractivity (Wildman–Crippen MR) is 109 cm³/mol. The maximum Gasteiger partial charge on any atom is 0.322 e. The summed E-state index contributed by atoms with van der Waals surface area (Å²) in [6.07, 6.45) is 1.08. The lowest BCUT2D eigenvalue weighted by Gasteiger charge is -2.08. The van der Waals surface area contributed by atoms with E-state index in [1.807, 2.05) is 0 Å². The summed E-state index contributed by atoms with van der Waals surface area (Å²) in [7, 11) is 0. The molecular formula is C18H10N6O6S. The molecule has 0 spiro atoms. The van der Waals surface area contributed by atoms with Gasteiger partial charge in [-0.25, -0.2) is 9.97 Å². The van der Waals surface area contributed by atoms with Gasteiger partial charge in [0, 0.05) is 17.1 Å². The van der Waals surface area contributed by atoms with Gasteiger partial charge >= 0.3 is 11.9 Å². The Hall–Kier alpha value is -4.39. The highest BCUT2D eigenvalue weighted by Crippen LogP contribution is 2.29. The second-order valence-electron chi connectivity index (χ2n) is 6.22. The molecule has 0 aliphatic carbocycles. The quantitative estimate of drug-likeness (QED) is 0.270. The number of nitrogens with zero attached hydrogens (tertiary/aromatic N) is 5. The lowest BCUT2D eigenvalue weighted by Crippen LogP contribution is -2.33. The molecule has 0 fully saturated rings. The molecule has 0 saturated heterocycles. The SMILES string of the molecule is O=C(Nc1nc2ccc([N+](=O)[O-])cc2s1)C(=O)C(c1cnc2ccccc2n1)[N+](=O)[O-]. The highest BCUT2D eigenvalue weighted by atomic mass is 32.1. The number of non-ortho nitro benzene ring substituents is 1. The van der Waals surface area contributed by atoms with Crippen LogP contribution in [0.4, 0.5) is 10.8 Å². The van der Waals surface area contributed by atoms with Crippen molar-refractivity contribution in [1.82, 2.24) is 15.0 Å². The summed E-state index contributed by atoms with van der Waals surface area (Å²) in [4.78, 5) is 58.1. The molecule has 12 nitrogen and oxygen atoms in total. The zero-order valence-corrected chi connectivity index (χ0v) is 16.1. The van der Waals surface area contributed by atoms with Gasteiger partial charge in [0.25, 0.3) is 11.5 Å². The van der Waals surface area contributed by atoms with Gasteiger partial charge in [0.1, 0.15) is 5.69 Å². The van der Waals surface area contributed by atoms with E-state index in [4.69, 9.17) is 0 Å². The summed E-state index contributed by atoms with van der Waals surface area (Å²) in [5.41, 5.74) is 0.753. The highest BCUT2D eigenvalue weighted by molar-refractivity contribution is 7.22. The number of ketones is 1. The Labute approximate surface area is 175 Å². The summed E-state index contributed by atoms with van der Waals surface area (Å²) < 4.78 is 0.406. The second-order valence-corrected chi connectivity index (χ2v) is 7.25. The molecule has 0 saturated carbocycles. The Balaban J connectivity index is 1.60. The van der Waals surface area contributed by atoms with Crippen molar-refractivity contribution in [2.24, 2.45) is 0 Å². The van der Waals surface area contributed by atoms with E-state index in [0.717, 1.165) is 17.5 Å². The molecule has 0 aliphatic heterocycles. The normalized spacial score (nSPS) is 11.9. The first-order valence-corrected chi connectivity index (χ1v) is 9.40. The lowest BCUT2D eigenvalue weighted by molar-refractivity contribution is -0.513.